The Hall–Kier alpha value is -4.03. The molecule has 0 saturated carbocycles. The summed E-state index contributed by atoms with van der Waals surface area (Å²) in [6.45, 7) is 0. The number of nitro groups is 2. The molecular formula is C17H11Cl2N7O5. The van der Waals surface area contributed by atoms with Crippen LogP contribution in [-0.4, -0.2) is 25.7 Å². The predicted molar refractivity (Wildman–Crippen MR) is 113 cm³/mol. The lowest BCUT2D eigenvalue weighted by Gasteiger charge is -2.11. The van der Waals surface area contributed by atoms with E-state index in [-0.39, 0.29) is 17.2 Å². The number of hydrogen-bond donors (Lipinski definition) is 3. The fraction of sp³-hybridized carbons (Fsp3) is 0. The molecule has 0 radical (unpaired) electrons. The second kappa shape index (κ2) is 9.19. The first-order chi connectivity index (χ1) is 14.8. The van der Waals surface area contributed by atoms with Crippen molar-refractivity contribution in [3.05, 3.63) is 84.6 Å². The Balaban J connectivity index is 1.87. The molecule has 1 heterocycles. The molecule has 0 fully saturated rings. The van der Waals surface area contributed by atoms with Gasteiger partial charge in [-0.1, -0.05) is 35.3 Å². The molecule has 1 aromatic heterocycles. The Labute approximate surface area is 183 Å². The van der Waals surface area contributed by atoms with Gasteiger partial charge < -0.3 is 5.32 Å². The molecule has 2 aromatic carbocycles. The number of anilines is 3. The second-order valence-corrected chi connectivity index (χ2v) is 6.69. The highest BCUT2D eigenvalue weighted by Crippen LogP contribution is 2.32. The monoisotopic (exact) mass is 463 g/mol. The standard InChI is InChI=1S/C17H11Cl2N7O5/c18-9-5-10(19)7-11(6-9)22-15-14(26(30)31)16(21-8-20-15)23-24-17(27)12-3-1-2-4-13(12)25(28)29/h1-8H,(H,24,27)(H2,20,21,22,23). The highest BCUT2D eigenvalue weighted by molar-refractivity contribution is 6.35. The first-order valence-corrected chi connectivity index (χ1v) is 9.04. The van der Waals surface area contributed by atoms with Crippen molar-refractivity contribution >= 4 is 57.8 Å². The molecule has 0 aliphatic carbocycles. The third-order valence-corrected chi connectivity index (χ3v) is 4.21. The van der Waals surface area contributed by atoms with Gasteiger partial charge in [0.15, 0.2) is 0 Å². The van der Waals surface area contributed by atoms with E-state index < -0.39 is 27.1 Å². The molecule has 0 spiro atoms. The first-order valence-electron chi connectivity index (χ1n) is 8.28. The summed E-state index contributed by atoms with van der Waals surface area (Å²) < 4.78 is 0. The normalized spacial score (nSPS) is 10.3. The zero-order chi connectivity index (χ0) is 22.5. The van der Waals surface area contributed by atoms with Crippen LogP contribution in [0.1, 0.15) is 10.4 Å². The summed E-state index contributed by atoms with van der Waals surface area (Å²) in [6.07, 6.45) is 1.01. The molecule has 0 atom stereocenters. The van der Waals surface area contributed by atoms with Crippen LogP contribution in [0.15, 0.2) is 48.8 Å². The SMILES string of the molecule is O=C(NNc1ncnc(Nc2cc(Cl)cc(Cl)c2)c1[N+](=O)[O-])c1ccccc1[N+](=O)[O-]. The summed E-state index contributed by atoms with van der Waals surface area (Å²) >= 11 is 11.9. The number of hydrazine groups is 1. The van der Waals surface area contributed by atoms with Gasteiger partial charge in [0.1, 0.15) is 11.9 Å². The lowest BCUT2D eigenvalue weighted by molar-refractivity contribution is -0.385. The van der Waals surface area contributed by atoms with Gasteiger partial charge >= 0.3 is 5.69 Å². The summed E-state index contributed by atoms with van der Waals surface area (Å²) in [5, 5.41) is 26.0. The maximum Gasteiger partial charge on any atom is 0.355 e. The number of hydrogen-bond acceptors (Lipinski definition) is 9. The number of carbonyl (C=O) groups is 1. The summed E-state index contributed by atoms with van der Waals surface area (Å²) in [7, 11) is 0. The van der Waals surface area contributed by atoms with Crippen LogP contribution < -0.4 is 16.2 Å². The van der Waals surface area contributed by atoms with Gasteiger partial charge in [-0.15, -0.1) is 0 Å². The van der Waals surface area contributed by atoms with Crippen LogP contribution in [0.25, 0.3) is 0 Å². The number of carbonyl (C=O) groups excluding carboxylic acids is 1. The fourth-order valence-electron chi connectivity index (χ4n) is 2.51. The molecule has 3 rings (SSSR count). The highest BCUT2D eigenvalue weighted by Gasteiger charge is 2.25. The molecule has 0 aliphatic heterocycles. The Kier molecular flexibility index (Phi) is 6.43. The first kappa shape index (κ1) is 21.7. The van der Waals surface area contributed by atoms with Crippen molar-refractivity contribution in [2.45, 2.75) is 0 Å². The topological polar surface area (TPSA) is 165 Å². The van der Waals surface area contributed by atoms with Crippen molar-refractivity contribution in [3.63, 3.8) is 0 Å². The van der Waals surface area contributed by atoms with Crippen molar-refractivity contribution < 1.29 is 14.6 Å². The van der Waals surface area contributed by atoms with Gasteiger partial charge in [-0.3, -0.25) is 35.9 Å². The van der Waals surface area contributed by atoms with Crippen LogP contribution >= 0.6 is 23.2 Å². The van der Waals surface area contributed by atoms with Gasteiger partial charge in [0, 0.05) is 21.8 Å². The van der Waals surface area contributed by atoms with Crippen molar-refractivity contribution in [2.75, 3.05) is 10.7 Å². The molecule has 3 N–H and O–H groups in total. The van der Waals surface area contributed by atoms with Gasteiger partial charge in [0.25, 0.3) is 11.6 Å². The molecule has 0 unspecified atom stereocenters. The van der Waals surface area contributed by atoms with Gasteiger partial charge in [0.05, 0.1) is 9.85 Å². The van der Waals surface area contributed by atoms with Gasteiger partial charge in [0.2, 0.25) is 11.6 Å². The van der Waals surface area contributed by atoms with Crippen LogP contribution in [0.3, 0.4) is 0 Å². The number of aromatic nitrogens is 2. The molecule has 1 amide bonds. The molecule has 3 aromatic rings. The summed E-state index contributed by atoms with van der Waals surface area (Å²) in [5.74, 6) is -1.46. The number of nitro benzene ring substituents is 1. The molecule has 12 nitrogen and oxygen atoms in total. The Morgan fingerprint density at radius 1 is 0.935 bits per heavy atom. The molecule has 0 aliphatic rings. The minimum atomic E-state index is -0.892. The fourth-order valence-corrected chi connectivity index (χ4v) is 3.03. The lowest BCUT2D eigenvalue weighted by Crippen LogP contribution is -2.30. The number of halogens is 2. The van der Waals surface area contributed by atoms with Crippen LogP contribution in [0, 0.1) is 20.2 Å². The predicted octanol–water partition coefficient (Wildman–Crippen LogP) is 4.10. The van der Waals surface area contributed by atoms with Crippen LogP contribution in [0.5, 0.6) is 0 Å². The molecule has 0 saturated heterocycles. The quantitative estimate of drug-likeness (QED) is 0.345. The number of nitrogens with one attached hydrogen (secondary N) is 3. The number of benzene rings is 2. The summed E-state index contributed by atoms with van der Waals surface area (Å²) in [4.78, 5) is 41.1. The average Bonchev–Trinajstić information content (AvgIpc) is 2.71. The van der Waals surface area contributed by atoms with Crippen LogP contribution in [-0.2, 0) is 0 Å². The van der Waals surface area contributed by atoms with Crippen molar-refractivity contribution in [1.29, 1.82) is 0 Å². The third-order valence-electron chi connectivity index (χ3n) is 3.77. The third kappa shape index (κ3) is 5.12. The van der Waals surface area contributed by atoms with Crippen molar-refractivity contribution in [3.8, 4) is 0 Å². The molecule has 14 heteroatoms. The van der Waals surface area contributed by atoms with Crippen LogP contribution in [0.2, 0.25) is 10.0 Å². The minimum Gasteiger partial charge on any atom is -0.334 e. The number of amides is 1. The van der Waals surface area contributed by atoms with Crippen molar-refractivity contribution in [2.24, 2.45) is 0 Å². The molecule has 31 heavy (non-hydrogen) atoms. The van der Waals surface area contributed by atoms with E-state index in [4.69, 9.17) is 23.2 Å². The van der Waals surface area contributed by atoms with E-state index in [9.17, 15) is 25.0 Å². The summed E-state index contributed by atoms with van der Waals surface area (Å²) in [5.41, 5.74) is 3.51. The van der Waals surface area contributed by atoms with Crippen molar-refractivity contribution in [1.82, 2.24) is 15.4 Å². The highest BCUT2D eigenvalue weighted by atomic mass is 35.5. The Morgan fingerprint density at radius 3 is 2.23 bits per heavy atom. The largest absolute Gasteiger partial charge is 0.355 e. The van der Waals surface area contributed by atoms with E-state index in [1.165, 1.54) is 36.4 Å². The smallest absolute Gasteiger partial charge is 0.334 e. The van der Waals surface area contributed by atoms with Crippen LogP contribution in [0.4, 0.5) is 28.7 Å². The van der Waals surface area contributed by atoms with E-state index >= 15 is 0 Å². The Morgan fingerprint density at radius 2 is 1.58 bits per heavy atom. The summed E-state index contributed by atoms with van der Waals surface area (Å²) in [6, 6.07) is 9.66. The maximum absolute atomic E-state index is 12.3. The van der Waals surface area contributed by atoms with E-state index in [0.29, 0.717) is 15.7 Å². The molecular weight excluding hydrogens is 453 g/mol. The molecule has 158 valence electrons. The lowest BCUT2D eigenvalue weighted by atomic mass is 10.2. The number of para-hydroxylation sites is 1. The Bertz CT molecular complexity index is 1170. The van der Waals surface area contributed by atoms with E-state index in [2.05, 4.69) is 26.1 Å². The zero-order valence-electron chi connectivity index (χ0n) is 15.2. The maximum atomic E-state index is 12.3. The minimum absolute atomic E-state index is 0.208. The van der Waals surface area contributed by atoms with E-state index in [1.807, 2.05) is 0 Å². The number of nitrogens with zero attached hydrogens (tertiary/aromatic N) is 4. The second-order valence-electron chi connectivity index (χ2n) is 5.81. The van der Waals surface area contributed by atoms with Gasteiger partial charge in [-0.05, 0) is 24.3 Å². The van der Waals surface area contributed by atoms with E-state index in [0.717, 1.165) is 12.4 Å². The average molecular weight is 464 g/mol. The molecule has 0 bridgehead atoms. The van der Waals surface area contributed by atoms with E-state index in [1.54, 1.807) is 0 Å². The van der Waals surface area contributed by atoms with Gasteiger partial charge in [-0.2, -0.15) is 0 Å². The number of rotatable bonds is 7. The van der Waals surface area contributed by atoms with Gasteiger partial charge in [-0.25, -0.2) is 9.97 Å². The zero-order valence-corrected chi connectivity index (χ0v) is 16.7.